The Balaban J connectivity index is 1.67. The van der Waals surface area contributed by atoms with E-state index in [9.17, 15) is 9.18 Å². The van der Waals surface area contributed by atoms with Crippen molar-refractivity contribution in [2.75, 3.05) is 0 Å². The number of ketones is 1. The van der Waals surface area contributed by atoms with E-state index < -0.39 is 23.0 Å². The molecule has 0 atom stereocenters. The molecule has 8 heteroatoms. The largest absolute Gasteiger partial charge is 0.486 e. The summed E-state index contributed by atoms with van der Waals surface area (Å²) >= 11 is 5.92. The lowest BCUT2D eigenvalue weighted by molar-refractivity contribution is 0.103. The lowest BCUT2D eigenvalue weighted by Gasteiger charge is -2.11. The van der Waals surface area contributed by atoms with Crippen molar-refractivity contribution in [1.82, 2.24) is 9.97 Å². The Hall–Kier alpha value is -3.89. The van der Waals surface area contributed by atoms with E-state index in [4.69, 9.17) is 21.6 Å². The lowest BCUT2D eigenvalue weighted by atomic mass is 10.0. The van der Waals surface area contributed by atoms with E-state index in [1.807, 2.05) is 6.07 Å². The first-order valence-electron chi connectivity index (χ1n) is 9.03. The van der Waals surface area contributed by atoms with Crippen molar-refractivity contribution < 1.29 is 18.3 Å². The van der Waals surface area contributed by atoms with Gasteiger partial charge in [-0.25, -0.2) is 13.8 Å². The fraction of sp³-hybridized carbons (Fsp3) is 0.0435. The number of ether oxygens (including phenoxy) is 1. The molecule has 0 aliphatic carbocycles. The monoisotopic (exact) mass is 435 g/mol. The number of carbonyl (C=O) groups excluding carboxylic acids is 1. The van der Waals surface area contributed by atoms with Gasteiger partial charge in [0.2, 0.25) is 0 Å². The number of carbonyl (C=O) groups is 1. The van der Waals surface area contributed by atoms with Crippen LogP contribution in [0.5, 0.6) is 5.75 Å². The second-order valence-electron chi connectivity index (χ2n) is 6.55. The smallest absolute Gasteiger partial charge is 0.199 e. The predicted octanol–water partition coefficient (Wildman–Crippen LogP) is 5.24. The zero-order chi connectivity index (χ0) is 22.0. The first-order valence-corrected chi connectivity index (χ1v) is 9.41. The third-order valence-corrected chi connectivity index (χ3v) is 4.72. The molecule has 5 nitrogen and oxygen atoms in total. The van der Waals surface area contributed by atoms with Crippen LogP contribution in [0.1, 0.15) is 27.2 Å². The summed E-state index contributed by atoms with van der Waals surface area (Å²) in [4.78, 5) is 21.0. The van der Waals surface area contributed by atoms with Gasteiger partial charge in [0.1, 0.15) is 18.5 Å². The summed E-state index contributed by atoms with van der Waals surface area (Å²) in [6.45, 7) is -0.0146. The number of nitriles is 1. The molecule has 0 spiro atoms. The van der Waals surface area contributed by atoms with E-state index in [-0.39, 0.29) is 29.1 Å². The number of fused-ring (bicyclic) bond motifs is 1. The van der Waals surface area contributed by atoms with Crippen LogP contribution in [0.2, 0.25) is 5.02 Å². The Kier molecular flexibility index (Phi) is 5.56. The van der Waals surface area contributed by atoms with Crippen molar-refractivity contribution in [3.05, 3.63) is 99.8 Å². The molecular weight excluding hydrogens is 424 g/mol. The molecule has 1 aromatic heterocycles. The molecule has 3 aromatic carbocycles. The number of rotatable bonds is 5. The second kappa shape index (κ2) is 8.46. The molecule has 0 aliphatic rings. The van der Waals surface area contributed by atoms with Crippen molar-refractivity contribution >= 4 is 28.4 Å². The minimum Gasteiger partial charge on any atom is -0.486 e. The van der Waals surface area contributed by atoms with Gasteiger partial charge in [-0.2, -0.15) is 5.26 Å². The van der Waals surface area contributed by atoms with Gasteiger partial charge in [-0.05, 0) is 48.0 Å². The topological polar surface area (TPSA) is 75.9 Å². The molecule has 4 aromatic rings. The van der Waals surface area contributed by atoms with Gasteiger partial charge in [-0.15, -0.1) is 0 Å². The summed E-state index contributed by atoms with van der Waals surface area (Å²) < 4.78 is 34.9. The van der Waals surface area contributed by atoms with Crippen LogP contribution in [0.25, 0.3) is 11.0 Å². The maximum atomic E-state index is 15.0. The van der Waals surface area contributed by atoms with E-state index in [0.29, 0.717) is 16.1 Å². The molecule has 152 valence electrons. The summed E-state index contributed by atoms with van der Waals surface area (Å²) in [6, 6.07) is 15.0. The van der Waals surface area contributed by atoms with Gasteiger partial charge in [0, 0.05) is 10.6 Å². The van der Waals surface area contributed by atoms with E-state index >= 15 is 4.39 Å². The first kappa shape index (κ1) is 20.4. The molecule has 0 unspecified atom stereocenters. The summed E-state index contributed by atoms with van der Waals surface area (Å²) in [5.41, 5.74) is 0.708. The molecule has 0 radical (unpaired) electrons. The number of aromatic nitrogens is 2. The normalized spacial score (nSPS) is 10.6. The number of halogens is 3. The fourth-order valence-electron chi connectivity index (χ4n) is 2.99. The quantitative estimate of drug-likeness (QED) is 0.400. The van der Waals surface area contributed by atoms with E-state index in [0.717, 1.165) is 12.1 Å². The van der Waals surface area contributed by atoms with Crippen LogP contribution in [0.3, 0.4) is 0 Å². The van der Waals surface area contributed by atoms with Crippen molar-refractivity contribution in [2.24, 2.45) is 0 Å². The SMILES string of the molecule is N#Cc1cnc2ccc(C(=O)c3c(F)ccc(OCc4cccc(Cl)c4)c3F)cc2n1. The molecular formula is C23H12ClF2N3O2. The van der Waals surface area contributed by atoms with Gasteiger partial charge in [0.05, 0.1) is 22.8 Å². The highest BCUT2D eigenvalue weighted by molar-refractivity contribution is 6.30. The highest BCUT2D eigenvalue weighted by Gasteiger charge is 2.23. The van der Waals surface area contributed by atoms with E-state index in [1.165, 1.54) is 24.4 Å². The Bertz CT molecular complexity index is 1370. The van der Waals surface area contributed by atoms with Gasteiger partial charge >= 0.3 is 0 Å². The average Bonchev–Trinajstić information content (AvgIpc) is 2.77. The summed E-state index contributed by atoms with van der Waals surface area (Å²) in [5.74, 6) is -3.27. The van der Waals surface area contributed by atoms with Gasteiger partial charge in [-0.1, -0.05) is 23.7 Å². The van der Waals surface area contributed by atoms with Crippen LogP contribution in [-0.2, 0) is 6.61 Å². The lowest BCUT2D eigenvalue weighted by Crippen LogP contribution is -2.10. The molecule has 4 rings (SSSR count). The Labute approximate surface area is 180 Å². The third kappa shape index (κ3) is 4.20. The summed E-state index contributed by atoms with van der Waals surface area (Å²) in [7, 11) is 0. The van der Waals surface area contributed by atoms with Crippen molar-refractivity contribution in [3.8, 4) is 11.8 Å². The van der Waals surface area contributed by atoms with E-state index in [2.05, 4.69) is 9.97 Å². The summed E-state index contributed by atoms with van der Waals surface area (Å²) in [6.07, 6.45) is 1.30. The van der Waals surface area contributed by atoms with Gasteiger partial charge < -0.3 is 4.74 Å². The molecule has 0 saturated heterocycles. The molecule has 31 heavy (non-hydrogen) atoms. The fourth-order valence-corrected chi connectivity index (χ4v) is 3.20. The molecule has 1 heterocycles. The first-order chi connectivity index (χ1) is 15.0. The maximum absolute atomic E-state index is 15.0. The van der Waals surface area contributed by atoms with Crippen molar-refractivity contribution in [2.45, 2.75) is 6.61 Å². The number of hydrogen-bond donors (Lipinski definition) is 0. The van der Waals surface area contributed by atoms with Crippen LogP contribution in [0, 0.1) is 23.0 Å². The highest BCUT2D eigenvalue weighted by Crippen LogP contribution is 2.27. The van der Waals surface area contributed by atoms with Crippen LogP contribution in [0.4, 0.5) is 8.78 Å². The minimum atomic E-state index is -1.11. The average molecular weight is 436 g/mol. The van der Waals surface area contributed by atoms with Crippen LogP contribution >= 0.6 is 11.6 Å². The van der Waals surface area contributed by atoms with Gasteiger partial charge in [-0.3, -0.25) is 9.78 Å². The number of hydrogen-bond acceptors (Lipinski definition) is 5. The molecule has 0 amide bonds. The highest BCUT2D eigenvalue weighted by atomic mass is 35.5. The summed E-state index contributed by atoms with van der Waals surface area (Å²) in [5, 5.41) is 9.46. The molecule has 0 bridgehead atoms. The maximum Gasteiger partial charge on any atom is 0.199 e. The number of nitrogens with zero attached hydrogens (tertiary/aromatic N) is 3. The Morgan fingerprint density at radius 3 is 2.71 bits per heavy atom. The molecule has 0 aliphatic heterocycles. The molecule has 0 fully saturated rings. The molecule has 0 saturated carbocycles. The minimum absolute atomic E-state index is 0.00156. The van der Waals surface area contributed by atoms with Crippen LogP contribution < -0.4 is 4.74 Å². The zero-order valence-corrected chi connectivity index (χ0v) is 16.5. The third-order valence-electron chi connectivity index (χ3n) is 4.49. The predicted molar refractivity (Wildman–Crippen MR) is 110 cm³/mol. The van der Waals surface area contributed by atoms with Gasteiger partial charge in [0.15, 0.2) is 23.0 Å². The molecule has 0 N–H and O–H groups in total. The standard InChI is InChI=1S/C23H12ClF2N3O2/c24-15-3-1-2-13(8-15)12-31-20-7-5-17(25)21(22(20)26)23(30)14-4-6-18-19(9-14)29-16(10-27)11-28-18/h1-9,11H,12H2. The van der Waals surface area contributed by atoms with Crippen LogP contribution in [0.15, 0.2) is 60.8 Å². The Morgan fingerprint density at radius 1 is 1.10 bits per heavy atom. The number of benzene rings is 3. The zero-order valence-electron chi connectivity index (χ0n) is 15.8. The Morgan fingerprint density at radius 2 is 1.94 bits per heavy atom. The van der Waals surface area contributed by atoms with E-state index in [1.54, 1.807) is 24.3 Å². The second-order valence-corrected chi connectivity index (χ2v) is 6.99. The van der Waals surface area contributed by atoms with Gasteiger partial charge in [0.25, 0.3) is 0 Å². The van der Waals surface area contributed by atoms with Crippen molar-refractivity contribution in [1.29, 1.82) is 5.26 Å². The van der Waals surface area contributed by atoms with Crippen molar-refractivity contribution in [3.63, 3.8) is 0 Å². The van der Waals surface area contributed by atoms with Crippen LogP contribution in [-0.4, -0.2) is 15.8 Å².